The van der Waals surface area contributed by atoms with Crippen molar-refractivity contribution in [3.63, 3.8) is 0 Å². The fourth-order valence-corrected chi connectivity index (χ4v) is 3.34. The molecule has 0 unspecified atom stereocenters. The summed E-state index contributed by atoms with van der Waals surface area (Å²) in [5.74, 6) is 1.13. The Labute approximate surface area is 171 Å². The van der Waals surface area contributed by atoms with Gasteiger partial charge >= 0.3 is 6.18 Å². The van der Waals surface area contributed by atoms with E-state index in [1.807, 2.05) is 18.7 Å². The number of benzene rings is 1. The molecule has 1 aliphatic rings. The maximum Gasteiger partial charge on any atom is 0.416 e. The molecule has 1 aromatic carbocycles. The summed E-state index contributed by atoms with van der Waals surface area (Å²) in [6.45, 7) is 5.33. The van der Waals surface area contributed by atoms with Gasteiger partial charge in [-0.25, -0.2) is 0 Å². The number of anilines is 1. The molecule has 0 atom stereocenters. The van der Waals surface area contributed by atoms with Gasteiger partial charge in [-0.05, 0) is 44.1 Å². The van der Waals surface area contributed by atoms with Crippen molar-refractivity contribution >= 4 is 23.2 Å². The van der Waals surface area contributed by atoms with Crippen LogP contribution in [0.4, 0.5) is 18.9 Å². The number of amides is 1. The van der Waals surface area contributed by atoms with E-state index in [9.17, 15) is 18.0 Å². The van der Waals surface area contributed by atoms with E-state index in [1.165, 1.54) is 0 Å². The van der Waals surface area contributed by atoms with Gasteiger partial charge < -0.3 is 9.73 Å². The minimum absolute atomic E-state index is 0.0477. The van der Waals surface area contributed by atoms with E-state index in [1.54, 1.807) is 0 Å². The van der Waals surface area contributed by atoms with E-state index in [2.05, 4.69) is 15.5 Å². The van der Waals surface area contributed by atoms with E-state index in [0.717, 1.165) is 31.0 Å². The molecule has 1 aliphatic heterocycles. The number of piperidine rings is 1. The lowest BCUT2D eigenvalue weighted by atomic mass is 9.97. The molecule has 158 valence electrons. The van der Waals surface area contributed by atoms with Crippen LogP contribution < -0.4 is 5.32 Å². The minimum Gasteiger partial charge on any atom is -0.425 e. The van der Waals surface area contributed by atoms with Crippen LogP contribution in [-0.2, 0) is 11.0 Å². The van der Waals surface area contributed by atoms with Gasteiger partial charge in [0.25, 0.3) is 0 Å². The molecule has 0 aliphatic carbocycles. The number of alkyl halides is 3. The minimum atomic E-state index is -4.50. The van der Waals surface area contributed by atoms with Gasteiger partial charge in [-0.1, -0.05) is 25.4 Å². The molecule has 0 spiro atoms. The highest BCUT2D eigenvalue weighted by Gasteiger charge is 2.31. The Kier molecular flexibility index (Phi) is 6.48. The number of hydrogen-bond donors (Lipinski definition) is 1. The lowest BCUT2D eigenvalue weighted by Crippen LogP contribution is -2.38. The van der Waals surface area contributed by atoms with Crippen LogP contribution in [0.25, 0.3) is 0 Å². The summed E-state index contributed by atoms with van der Waals surface area (Å²) in [7, 11) is 0. The van der Waals surface area contributed by atoms with Crippen molar-refractivity contribution < 1.29 is 22.4 Å². The van der Waals surface area contributed by atoms with Crippen molar-refractivity contribution in [3.05, 3.63) is 40.6 Å². The van der Waals surface area contributed by atoms with Crippen molar-refractivity contribution in [2.24, 2.45) is 0 Å². The average molecular weight is 431 g/mol. The van der Waals surface area contributed by atoms with Crippen LogP contribution in [0.5, 0.6) is 0 Å². The first-order valence-corrected chi connectivity index (χ1v) is 9.73. The second-order valence-electron chi connectivity index (χ2n) is 7.42. The summed E-state index contributed by atoms with van der Waals surface area (Å²) >= 11 is 5.93. The Morgan fingerprint density at radius 2 is 2.00 bits per heavy atom. The van der Waals surface area contributed by atoms with Gasteiger partial charge in [0.05, 0.1) is 22.8 Å². The monoisotopic (exact) mass is 430 g/mol. The Hall–Kier alpha value is -2.13. The van der Waals surface area contributed by atoms with Gasteiger partial charge in [-0.2, -0.15) is 13.2 Å². The third kappa shape index (κ3) is 5.48. The van der Waals surface area contributed by atoms with Crippen molar-refractivity contribution in [2.45, 2.75) is 44.7 Å². The predicted octanol–water partition coefficient (Wildman–Crippen LogP) is 4.68. The molecule has 0 bridgehead atoms. The Bertz CT molecular complexity index is 861. The zero-order valence-corrected chi connectivity index (χ0v) is 16.8. The number of halogens is 4. The summed E-state index contributed by atoms with van der Waals surface area (Å²) in [6.07, 6.45) is -2.98. The molecular weight excluding hydrogens is 409 g/mol. The largest absolute Gasteiger partial charge is 0.425 e. The van der Waals surface area contributed by atoms with Gasteiger partial charge in [0, 0.05) is 11.8 Å². The van der Waals surface area contributed by atoms with Crippen LogP contribution in [0.1, 0.15) is 55.9 Å². The first-order valence-electron chi connectivity index (χ1n) is 9.35. The van der Waals surface area contributed by atoms with E-state index in [0.29, 0.717) is 24.9 Å². The topological polar surface area (TPSA) is 71.3 Å². The quantitative estimate of drug-likeness (QED) is 0.745. The number of carbonyl (C=O) groups excluding carboxylic acids is 1. The lowest BCUT2D eigenvalue weighted by Gasteiger charge is -2.29. The van der Waals surface area contributed by atoms with Gasteiger partial charge in [0.15, 0.2) is 0 Å². The number of carbonyl (C=O) groups is 1. The number of rotatable bonds is 5. The van der Waals surface area contributed by atoms with Crippen LogP contribution in [0.15, 0.2) is 22.6 Å². The number of nitrogens with one attached hydrogen (secondary N) is 1. The second-order valence-corrected chi connectivity index (χ2v) is 7.83. The van der Waals surface area contributed by atoms with E-state index in [4.69, 9.17) is 16.0 Å². The third-order valence-electron chi connectivity index (χ3n) is 4.82. The van der Waals surface area contributed by atoms with Crippen molar-refractivity contribution in [1.82, 2.24) is 15.1 Å². The van der Waals surface area contributed by atoms with E-state index < -0.39 is 17.6 Å². The van der Waals surface area contributed by atoms with Crippen molar-refractivity contribution in [3.8, 4) is 0 Å². The zero-order valence-electron chi connectivity index (χ0n) is 16.1. The maximum atomic E-state index is 12.9. The predicted molar refractivity (Wildman–Crippen MR) is 102 cm³/mol. The van der Waals surface area contributed by atoms with Crippen molar-refractivity contribution in [2.75, 3.05) is 25.0 Å². The van der Waals surface area contributed by atoms with Gasteiger partial charge in [-0.15, -0.1) is 10.2 Å². The van der Waals surface area contributed by atoms with Crippen LogP contribution in [0.2, 0.25) is 5.02 Å². The van der Waals surface area contributed by atoms with Crippen LogP contribution in [-0.4, -0.2) is 40.6 Å². The zero-order chi connectivity index (χ0) is 21.2. The molecule has 0 saturated carbocycles. The van der Waals surface area contributed by atoms with Gasteiger partial charge in [0.2, 0.25) is 17.7 Å². The normalized spacial score (nSPS) is 16.4. The Balaban J connectivity index is 1.53. The van der Waals surface area contributed by atoms with Crippen LogP contribution >= 0.6 is 11.6 Å². The maximum absolute atomic E-state index is 12.9. The van der Waals surface area contributed by atoms with Gasteiger partial charge in [0.1, 0.15) is 0 Å². The number of hydrogen-bond acceptors (Lipinski definition) is 5. The highest BCUT2D eigenvalue weighted by atomic mass is 35.5. The summed E-state index contributed by atoms with van der Waals surface area (Å²) in [4.78, 5) is 14.2. The number of nitrogens with zero attached hydrogens (tertiary/aromatic N) is 3. The fourth-order valence-electron chi connectivity index (χ4n) is 3.17. The van der Waals surface area contributed by atoms with Crippen LogP contribution in [0.3, 0.4) is 0 Å². The molecule has 1 saturated heterocycles. The SMILES string of the molecule is CC(C)c1nnc(C2CCN(CC(=O)Nc3cc(C(F)(F)F)ccc3Cl)CC2)o1. The molecule has 10 heteroatoms. The summed E-state index contributed by atoms with van der Waals surface area (Å²) in [5.41, 5.74) is -0.910. The molecular formula is C19H22ClF3N4O2. The third-order valence-corrected chi connectivity index (χ3v) is 5.15. The van der Waals surface area contributed by atoms with Crippen LogP contribution in [0, 0.1) is 0 Å². The molecule has 1 N–H and O–H groups in total. The second kappa shape index (κ2) is 8.71. The molecule has 1 fully saturated rings. The summed E-state index contributed by atoms with van der Waals surface area (Å²) in [5, 5.41) is 10.7. The molecule has 2 aromatic rings. The summed E-state index contributed by atoms with van der Waals surface area (Å²) < 4.78 is 44.3. The molecule has 2 heterocycles. The molecule has 6 nitrogen and oxygen atoms in total. The average Bonchev–Trinajstić information content (AvgIpc) is 3.13. The summed E-state index contributed by atoms with van der Waals surface area (Å²) in [6, 6.07) is 2.85. The first-order chi connectivity index (χ1) is 13.6. The highest BCUT2D eigenvalue weighted by Crippen LogP contribution is 2.34. The molecule has 1 aromatic heterocycles. The highest BCUT2D eigenvalue weighted by molar-refractivity contribution is 6.33. The number of likely N-dealkylation sites (tertiary alicyclic amines) is 1. The molecule has 29 heavy (non-hydrogen) atoms. The number of aromatic nitrogens is 2. The van der Waals surface area contributed by atoms with Gasteiger partial charge in [-0.3, -0.25) is 9.69 Å². The molecule has 1 amide bonds. The smallest absolute Gasteiger partial charge is 0.416 e. The first kappa shape index (κ1) is 21.6. The molecule has 3 rings (SSSR count). The van der Waals surface area contributed by atoms with E-state index >= 15 is 0 Å². The lowest BCUT2D eigenvalue weighted by molar-refractivity contribution is -0.137. The standard InChI is InChI=1S/C19H22ClF3N4O2/c1-11(2)17-25-26-18(29-17)12-5-7-27(8-6-12)10-16(28)24-15-9-13(19(21,22)23)3-4-14(15)20/h3-4,9,11-12H,5-8,10H2,1-2H3,(H,24,28). The Morgan fingerprint density at radius 3 is 2.59 bits per heavy atom. The molecule has 0 radical (unpaired) electrons. The van der Waals surface area contributed by atoms with Crippen molar-refractivity contribution in [1.29, 1.82) is 0 Å². The van der Waals surface area contributed by atoms with E-state index in [-0.39, 0.29) is 29.1 Å². The Morgan fingerprint density at radius 1 is 1.31 bits per heavy atom. The fraction of sp³-hybridized carbons (Fsp3) is 0.526.